The van der Waals surface area contributed by atoms with Crippen LogP contribution in [0.3, 0.4) is 0 Å². The predicted molar refractivity (Wildman–Crippen MR) is 70.2 cm³/mol. The van der Waals surface area contributed by atoms with Gasteiger partial charge >= 0.3 is 11.9 Å². The second-order valence-corrected chi connectivity index (χ2v) is 4.36. The van der Waals surface area contributed by atoms with E-state index in [2.05, 4.69) is 6.92 Å². The molecule has 0 aromatic rings. The van der Waals surface area contributed by atoms with Crippen molar-refractivity contribution in [2.75, 3.05) is 13.2 Å². The van der Waals surface area contributed by atoms with Gasteiger partial charge in [-0.15, -0.1) is 0 Å². The molecule has 106 valence electrons. The number of hydrogen-bond acceptors (Lipinski definition) is 4. The minimum absolute atomic E-state index is 0.152. The molecule has 0 aliphatic rings. The molecule has 0 aromatic heterocycles. The highest BCUT2D eigenvalue weighted by molar-refractivity contribution is 5.69. The Hall–Kier alpha value is -1.06. The molecular formula is C14H26O4. The first-order valence-electron chi connectivity index (χ1n) is 7.02. The van der Waals surface area contributed by atoms with Crippen LogP contribution in [0.1, 0.15) is 65.2 Å². The van der Waals surface area contributed by atoms with E-state index in [4.69, 9.17) is 9.47 Å². The van der Waals surface area contributed by atoms with Crippen LogP contribution in [0.2, 0.25) is 0 Å². The van der Waals surface area contributed by atoms with Gasteiger partial charge in [-0.3, -0.25) is 9.59 Å². The summed E-state index contributed by atoms with van der Waals surface area (Å²) in [7, 11) is 0. The third-order valence-electron chi connectivity index (χ3n) is 2.53. The van der Waals surface area contributed by atoms with Crippen molar-refractivity contribution in [3.05, 3.63) is 0 Å². The molecule has 0 saturated carbocycles. The average molecular weight is 258 g/mol. The highest BCUT2D eigenvalue weighted by Gasteiger charge is 2.03. The van der Waals surface area contributed by atoms with Gasteiger partial charge in [0.25, 0.3) is 0 Å². The Morgan fingerprint density at radius 1 is 0.722 bits per heavy atom. The first-order valence-corrected chi connectivity index (χ1v) is 7.02. The molecule has 0 rings (SSSR count). The van der Waals surface area contributed by atoms with Crippen molar-refractivity contribution in [1.82, 2.24) is 0 Å². The highest BCUT2D eigenvalue weighted by Crippen LogP contribution is 2.01. The number of hydrogen-bond donors (Lipinski definition) is 0. The maximum absolute atomic E-state index is 11.2. The summed E-state index contributed by atoms with van der Waals surface area (Å²) < 4.78 is 10.0. The van der Waals surface area contributed by atoms with Crippen molar-refractivity contribution < 1.29 is 19.1 Å². The van der Waals surface area contributed by atoms with Crippen LogP contribution in [-0.2, 0) is 19.1 Å². The lowest BCUT2D eigenvalue weighted by Crippen LogP contribution is -2.10. The molecule has 0 atom stereocenters. The monoisotopic (exact) mass is 258 g/mol. The molecule has 18 heavy (non-hydrogen) atoms. The first-order chi connectivity index (χ1) is 8.70. The zero-order chi connectivity index (χ0) is 13.6. The fourth-order valence-electron chi connectivity index (χ4n) is 1.42. The highest BCUT2D eigenvalue weighted by atomic mass is 16.5. The van der Waals surface area contributed by atoms with Gasteiger partial charge in [0.15, 0.2) is 0 Å². The van der Waals surface area contributed by atoms with Crippen molar-refractivity contribution in [1.29, 1.82) is 0 Å². The lowest BCUT2D eigenvalue weighted by Gasteiger charge is -2.06. The topological polar surface area (TPSA) is 52.6 Å². The second-order valence-electron chi connectivity index (χ2n) is 4.36. The number of esters is 2. The van der Waals surface area contributed by atoms with E-state index >= 15 is 0 Å². The molecule has 0 spiro atoms. The fraction of sp³-hybridized carbons (Fsp3) is 0.857. The summed E-state index contributed by atoms with van der Waals surface area (Å²) in [4.78, 5) is 22.4. The molecule has 0 bridgehead atoms. The summed E-state index contributed by atoms with van der Waals surface area (Å²) in [6.45, 7) is 4.81. The summed E-state index contributed by atoms with van der Waals surface area (Å²) in [6, 6.07) is 0. The number of carbonyl (C=O) groups excluding carboxylic acids is 2. The normalized spacial score (nSPS) is 10.1. The number of unbranched alkanes of at least 4 members (excludes halogenated alkanes) is 3. The minimum Gasteiger partial charge on any atom is -0.466 e. The van der Waals surface area contributed by atoms with Gasteiger partial charge in [0.2, 0.25) is 0 Å². The number of carbonyl (C=O) groups is 2. The molecular weight excluding hydrogens is 232 g/mol. The van der Waals surface area contributed by atoms with Crippen molar-refractivity contribution in [3.8, 4) is 0 Å². The molecule has 0 aliphatic heterocycles. The van der Waals surface area contributed by atoms with Gasteiger partial charge < -0.3 is 9.47 Å². The molecule has 0 radical (unpaired) electrons. The predicted octanol–water partition coefficient (Wildman–Crippen LogP) is 3.23. The Morgan fingerprint density at radius 3 is 1.72 bits per heavy atom. The van der Waals surface area contributed by atoms with E-state index in [-0.39, 0.29) is 11.9 Å². The van der Waals surface area contributed by atoms with Crippen LogP contribution in [0.5, 0.6) is 0 Å². The van der Waals surface area contributed by atoms with Crippen LogP contribution in [-0.4, -0.2) is 25.2 Å². The van der Waals surface area contributed by atoms with Gasteiger partial charge in [0.1, 0.15) is 0 Å². The number of rotatable bonds is 11. The lowest BCUT2D eigenvalue weighted by atomic mass is 10.2. The average Bonchev–Trinajstić information content (AvgIpc) is 2.36. The Labute approximate surface area is 110 Å². The summed E-state index contributed by atoms with van der Waals surface area (Å²) in [5, 5.41) is 0. The first kappa shape index (κ1) is 16.9. The van der Waals surface area contributed by atoms with E-state index < -0.39 is 0 Å². The molecule has 4 heteroatoms. The van der Waals surface area contributed by atoms with Crippen molar-refractivity contribution in [2.24, 2.45) is 0 Å². The molecule has 4 nitrogen and oxygen atoms in total. The Bertz CT molecular complexity index is 226. The Balaban J connectivity index is 3.28. The van der Waals surface area contributed by atoms with Crippen LogP contribution in [0.4, 0.5) is 0 Å². The zero-order valence-electron chi connectivity index (χ0n) is 11.7. The SMILES string of the molecule is CCCCCC(=O)OCCCOC(=O)CCCC. The van der Waals surface area contributed by atoms with E-state index in [1.807, 2.05) is 6.92 Å². The van der Waals surface area contributed by atoms with Crippen LogP contribution in [0.15, 0.2) is 0 Å². The van der Waals surface area contributed by atoms with E-state index in [0.717, 1.165) is 32.1 Å². The maximum atomic E-state index is 11.2. The maximum Gasteiger partial charge on any atom is 0.305 e. The third-order valence-corrected chi connectivity index (χ3v) is 2.53. The quantitative estimate of drug-likeness (QED) is 0.422. The molecule has 0 aliphatic carbocycles. The molecule has 0 aromatic carbocycles. The van der Waals surface area contributed by atoms with Gasteiger partial charge in [0.05, 0.1) is 13.2 Å². The smallest absolute Gasteiger partial charge is 0.305 e. The van der Waals surface area contributed by atoms with Gasteiger partial charge in [0, 0.05) is 19.3 Å². The summed E-state index contributed by atoms with van der Waals surface area (Å²) >= 11 is 0. The van der Waals surface area contributed by atoms with Crippen LogP contribution in [0, 0.1) is 0 Å². The minimum atomic E-state index is -0.161. The van der Waals surface area contributed by atoms with E-state index in [1.54, 1.807) is 0 Å². The lowest BCUT2D eigenvalue weighted by molar-refractivity contribution is -0.146. The van der Waals surface area contributed by atoms with Crippen LogP contribution >= 0.6 is 0 Å². The van der Waals surface area contributed by atoms with Gasteiger partial charge in [-0.25, -0.2) is 0 Å². The zero-order valence-corrected chi connectivity index (χ0v) is 11.7. The third kappa shape index (κ3) is 11.4. The van der Waals surface area contributed by atoms with E-state index in [0.29, 0.717) is 32.5 Å². The second kappa shape index (κ2) is 12.4. The molecule has 0 amide bonds. The molecule has 0 saturated heterocycles. The standard InChI is InChI=1S/C14H26O4/c1-3-5-7-10-14(16)18-12-8-11-17-13(15)9-6-4-2/h3-12H2,1-2H3. The summed E-state index contributed by atoms with van der Waals surface area (Å²) in [5.41, 5.74) is 0. The van der Waals surface area contributed by atoms with Gasteiger partial charge in [-0.05, 0) is 12.8 Å². The van der Waals surface area contributed by atoms with Crippen molar-refractivity contribution >= 4 is 11.9 Å². The van der Waals surface area contributed by atoms with Gasteiger partial charge in [-0.2, -0.15) is 0 Å². The summed E-state index contributed by atoms with van der Waals surface area (Å²) in [6.07, 6.45) is 6.46. The van der Waals surface area contributed by atoms with Crippen molar-refractivity contribution in [2.45, 2.75) is 65.2 Å². The summed E-state index contributed by atoms with van der Waals surface area (Å²) in [5.74, 6) is -0.313. The van der Waals surface area contributed by atoms with E-state index in [9.17, 15) is 9.59 Å². The Kier molecular flexibility index (Phi) is 11.7. The van der Waals surface area contributed by atoms with Crippen molar-refractivity contribution in [3.63, 3.8) is 0 Å². The molecule has 0 fully saturated rings. The van der Waals surface area contributed by atoms with Crippen LogP contribution < -0.4 is 0 Å². The van der Waals surface area contributed by atoms with Crippen LogP contribution in [0.25, 0.3) is 0 Å². The number of ether oxygens (including phenoxy) is 2. The van der Waals surface area contributed by atoms with Gasteiger partial charge in [-0.1, -0.05) is 33.1 Å². The fourth-order valence-corrected chi connectivity index (χ4v) is 1.42. The molecule has 0 N–H and O–H groups in total. The molecule has 0 unspecified atom stereocenters. The Morgan fingerprint density at radius 2 is 1.22 bits per heavy atom. The van der Waals surface area contributed by atoms with E-state index in [1.165, 1.54) is 0 Å². The molecule has 0 heterocycles. The largest absolute Gasteiger partial charge is 0.466 e.